The molecule has 2 fully saturated rings. The summed E-state index contributed by atoms with van der Waals surface area (Å²) >= 11 is 0. The van der Waals surface area contributed by atoms with Crippen molar-refractivity contribution in [2.24, 2.45) is 0 Å². The molecule has 0 saturated carbocycles. The highest BCUT2D eigenvalue weighted by atomic mass is 16.5. The van der Waals surface area contributed by atoms with E-state index in [0.29, 0.717) is 12.1 Å². The van der Waals surface area contributed by atoms with Crippen LogP contribution >= 0.6 is 0 Å². The second-order valence-electron chi connectivity index (χ2n) is 6.04. The van der Waals surface area contributed by atoms with Crippen molar-refractivity contribution in [3.8, 4) is 11.5 Å². The third kappa shape index (κ3) is 3.01. The van der Waals surface area contributed by atoms with Crippen LogP contribution < -0.4 is 14.8 Å². The summed E-state index contributed by atoms with van der Waals surface area (Å²) in [5.41, 5.74) is 1.22. The molecule has 4 heteroatoms. The fraction of sp³-hybridized carbons (Fsp3) is 0.647. The van der Waals surface area contributed by atoms with E-state index in [2.05, 4.69) is 22.3 Å². The molecule has 2 aliphatic heterocycles. The van der Waals surface area contributed by atoms with Crippen molar-refractivity contribution in [1.82, 2.24) is 10.2 Å². The third-order valence-electron chi connectivity index (χ3n) is 4.84. The number of para-hydroxylation sites is 1. The minimum Gasteiger partial charge on any atom is -0.493 e. The van der Waals surface area contributed by atoms with Crippen molar-refractivity contribution in [3.63, 3.8) is 0 Å². The zero-order valence-corrected chi connectivity index (χ0v) is 13.1. The van der Waals surface area contributed by atoms with E-state index in [0.717, 1.165) is 18.0 Å². The van der Waals surface area contributed by atoms with Crippen LogP contribution in [0.2, 0.25) is 0 Å². The molecule has 1 aromatic carbocycles. The summed E-state index contributed by atoms with van der Waals surface area (Å²) in [6.45, 7) is 3.31. The molecule has 1 N–H and O–H groups in total. The largest absolute Gasteiger partial charge is 0.493 e. The summed E-state index contributed by atoms with van der Waals surface area (Å²) in [5.74, 6) is 1.70. The van der Waals surface area contributed by atoms with Crippen molar-refractivity contribution < 1.29 is 9.47 Å². The fourth-order valence-corrected chi connectivity index (χ4v) is 3.84. The first-order valence-corrected chi connectivity index (χ1v) is 8.01. The minimum absolute atomic E-state index is 0.670. The van der Waals surface area contributed by atoms with E-state index in [-0.39, 0.29) is 0 Å². The molecule has 116 valence electrons. The molecule has 0 aliphatic carbocycles. The van der Waals surface area contributed by atoms with Gasteiger partial charge in [0.05, 0.1) is 14.2 Å². The molecule has 1 aromatic rings. The van der Waals surface area contributed by atoms with Gasteiger partial charge in [-0.3, -0.25) is 4.90 Å². The maximum absolute atomic E-state index is 5.57. The average molecular weight is 290 g/mol. The van der Waals surface area contributed by atoms with Crippen molar-refractivity contribution >= 4 is 0 Å². The van der Waals surface area contributed by atoms with Gasteiger partial charge in [-0.1, -0.05) is 12.1 Å². The van der Waals surface area contributed by atoms with Crippen LogP contribution in [0, 0.1) is 0 Å². The number of methoxy groups -OCH3 is 2. The number of nitrogens with one attached hydrogen (secondary N) is 1. The molecular formula is C17H26N2O2. The molecule has 0 amide bonds. The van der Waals surface area contributed by atoms with E-state index in [4.69, 9.17) is 9.47 Å². The highest BCUT2D eigenvalue weighted by Crippen LogP contribution is 2.34. The Kier molecular flexibility index (Phi) is 4.66. The van der Waals surface area contributed by atoms with Gasteiger partial charge in [-0.05, 0) is 44.8 Å². The highest BCUT2D eigenvalue weighted by Gasteiger charge is 2.33. The summed E-state index contributed by atoms with van der Waals surface area (Å²) in [7, 11) is 3.42. The topological polar surface area (TPSA) is 33.7 Å². The van der Waals surface area contributed by atoms with Gasteiger partial charge in [-0.15, -0.1) is 0 Å². The van der Waals surface area contributed by atoms with Crippen LogP contribution in [-0.4, -0.2) is 44.3 Å². The van der Waals surface area contributed by atoms with Gasteiger partial charge in [0.25, 0.3) is 0 Å². The molecule has 21 heavy (non-hydrogen) atoms. The Morgan fingerprint density at radius 1 is 1.19 bits per heavy atom. The molecule has 4 nitrogen and oxygen atoms in total. The summed E-state index contributed by atoms with van der Waals surface area (Å²) in [5, 5.41) is 3.67. The van der Waals surface area contributed by atoms with Crippen molar-refractivity contribution in [2.75, 3.05) is 27.3 Å². The number of rotatable bonds is 5. The lowest BCUT2D eigenvalue weighted by Crippen LogP contribution is -2.43. The average Bonchev–Trinajstić information content (AvgIpc) is 3.17. The first kappa shape index (κ1) is 14.7. The number of benzene rings is 1. The van der Waals surface area contributed by atoms with E-state index in [1.165, 1.54) is 44.3 Å². The first-order chi connectivity index (χ1) is 10.3. The van der Waals surface area contributed by atoms with Gasteiger partial charge in [0.1, 0.15) is 0 Å². The van der Waals surface area contributed by atoms with Gasteiger partial charge in [-0.2, -0.15) is 0 Å². The number of hydrogen-bond acceptors (Lipinski definition) is 4. The Morgan fingerprint density at radius 2 is 2.10 bits per heavy atom. The maximum atomic E-state index is 5.57. The second kappa shape index (κ2) is 6.67. The van der Waals surface area contributed by atoms with Gasteiger partial charge in [-0.25, -0.2) is 0 Å². The van der Waals surface area contributed by atoms with Crippen LogP contribution in [0.25, 0.3) is 0 Å². The van der Waals surface area contributed by atoms with Gasteiger partial charge in [0.2, 0.25) is 0 Å². The summed E-state index contributed by atoms with van der Waals surface area (Å²) in [6, 6.07) is 7.50. The van der Waals surface area contributed by atoms with Gasteiger partial charge >= 0.3 is 0 Å². The van der Waals surface area contributed by atoms with Crippen LogP contribution in [0.5, 0.6) is 11.5 Å². The lowest BCUT2D eigenvalue weighted by Gasteiger charge is -2.30. The minimum atomic E-state index is 0.670. The Balaban J connectivity index is 1.76. The first-order valence-electron chi connectivity index (χ1n) is 8.01. The number of likely N-dealkylation sites (tertiary alicyclic amines) is 1. The summed E-state index contributed by atoms with van der Waals surface area (Å²) in [4.78, 5) is 2.61. The SMILES string of the molecule is COc1cccc(CN2CCCC2C2CCCN2)c1OC. The fourth-order valence-electron chi connectivity index (χ4n) is 3.84. The molecule has 0 aromatic heterocycles. The van der Waals surface area contributed by atoms with Gasteiger partial charge in [0, 0.05) is 24.2 Å². The van der Waals surface area contributed by atoms with Crippen LogP contribution in [0.3, 0.4) is 0 Å². The summed E-state index contributed by atoms with van der Waals surface area (Å²) < 4.78 is 11.0. The molecule has 2 saturated heterocycles. The molecular weight excluding hydrogens is 264 g/mol. The molecule has 2 atom stereocenters. The predicted octanol–water partition coefficient (Wildman–Crippen LogP) is 2.42. The van der Waals surface area contributed by atoms with E-state index in [9.17, 15) is 0 Å². The van der Waals surface area contributed by atoms with Crippen molar-refractivity contribution in [1.29, 1.82) is 0 Å². The Morgan fingerprint density at radius 3 is 2.81 bits per heavy atom. The monoisotopic (exact) mass is 290 g/mol. The predicted molar refractivity (Wildman–Crippen MR) is 84.0 cm³/mol. The van der Waals surface area contributed by atoms with Crippen LogP contribution in [0.1, 0.15) is 31.2 Å². The second-order valence-corrected chi connectivity index (χ2v) is 6.04. The van der Waals surface area contributed by atoms with Crippen LogP contribution in [-0.2, 0) is 6.54 Å². The maximum Gasteiger partial charge on any atom is 0.165 e. The summed E-state index contributed by atoms with van der Waals surface area (Å²) in [6.07, 6.45) is 5.24. The zero-order valence-electron chi connectivity index (χ0n) is 13.1. The van der Waals surface area contributed by atoms with Crippen LogP contribution in [0.4, 0.5) is 0 Å². The molecule has 2 aliphatic rings. The third-order valence-corrected chi connectivity index (χ3v) is 4.84. The van der Waals surface area contributed by atoms with E-state index in [1.807, 2.05) is 6.07 Å². The van der Waals surface area contributed by atoms with Crippen molar-refractivity contribution in [3.05, 3.63) is 23.8 Å². The molecule has 3 rings (SSSR count). The lowest BCUT2D eigenvalue weighted by atomic mass is 10.0. The van der Waals surface area contributed by atoms with Gasteiger partial charge in [0.15, 0.2) is 11.5 Å². The zero-order chi connectivity index (χ0) is 14.7. The number of ether oxygens (including phenoxy) is 2. The van der Waals surface area contributed by atoms with Gasteiger partial charge < -0.3 is 14.8 Å². The standard InChI is InChI=1S/C17H26N2O2/c1-20-16-9-3-6-13(17(16)21-2)12-19-11-5-8-15(19)14-7-4-10-18-14/h3,6,9,14-15,18H,4-5,7-8,10-12H2,1-2H3. The Hall–Kier alpha value is -1.26. The Bertz CT molecular complexity index is 472. The van der Waals surface area contributed by atoms with E-state index >= 15 is 0 Å². The van der Waals surface area contributed by atoms with Crippen molar-refractivity contribution in [2.45, 2.75) is 44.3 Å². The normalized spacial score (nSPS) is 26.2. The van der Waals surface area contributed by atoms with E-state index in [1.54, 1.807) is 14.2 Å². The number of nitrogens with zero attached hydrogens (tertiary/aromatic N) is 1. The molecule has 2 heterocycles. The van der Waals surface area contributed by atoms with E-state index < -0.39 is 0 Å². The molecule has 0 bridgehead atoms. The molecule has 0 spiro atoms. The highest BCUT2D eigenvalue weighted by molar-refractivity contribution is 5.46. The number of hydrogen-bond donors (Lipinski definition) is 1. The quantitative estimate of drug-likeness (QED) is 0.903. The molecule has 0 radical (unpaired) electrons. The van der Waals surface area contributed by atoms with Crippen LogP contribution in [0.15, 0.2) is 18.2 Å². The molecule has 2 unspecified atom stereocenters. The Labute approximate surface area is 127 Å². The lowest BCUT2D eigenvalue weighted by molar-refractivity contribution is 0.203. The smallest absolute Gasteiger partial charge is 0.165 e.